The molecule has 0 radical (unpaired) electrons. The zero-order valence-corrected chi connectivity index (χ0v) is 13.7. The molecule has 5 heteroatoms. The highest BCUT2D eigenvalue weighted by Gasteiger charge is 2.28. The number of amides is 1. The standard InChI is InChI=1S/C19H19NO4/c1-12-10-16-17(20-13(2)21)9-8-15(18(16)24-12)19(22)23-11-14-6-4-3-5-7-14/h3-9,12H,10-11H2,1-2H3,(H,20,21)/t12-/m0/s1. The van der Waals surface area contributed by atoms with E-state index in [0.29, 0.717) is 23.4 Å². The van der Waals surface area contributed by atoms with E-state index in [-0.39, 0.29) is 18.6 Å². The molecule has 2 aromatic carbocycles. The molecule has 1 amide bonds. The van der Waals surface area contributed by atoms with Crippen molar-refractivity contribution in [3.63, 3.8) is 0 Å². The molecule has 1 heterocycles. The predicted octanol–water partition coefficient (Wildman–Crippen LogP) is 3.33. The first-order chi connectivity index (χ1) is 11.5. The van der Waals surface area contributed by atoms with Gasteiger partial charge in [0.2, 0.25) is 5.91 Å². The van der Waals surface area contributed by atoms with Crippen molar-refractivity contribution in [1.82, 2.24) is 0 Å². The summed E-state index contributed by atoms with van der Waals surface area (Å²) in [7, 11) is 0. The second-order valence-corrected chi connectivity index (χ2v) is 5.84. The van der Waals surface area contributed by atoms with Crippen molar-refractivity contribution in [1.29, 1.82) is 0 Å². The first kappa shape index (κ1) is 16.1. The first-order valence-corrected chi connectivity index (χ1v) is 7.85. The average molecular weight is 325 g/mol. The van der Waals surface area contributed by atoms with Crippen molar-refractivity contribution in [2.45, 2.75) is 33.0 Å². The third-order valence-electron chi connectivity index (χ3n) is 3.81. The van der Waals surface area contributed by atoms with E-state index in [0.717, 1.165) is 11.1 Å². The lowest BCUT2D eigenvalue weighted by molar-refractivity contribution is -0.114. The average Bonchev–Trinajstić information content (AvgIpc) is 2.95. The minimum Gasteiger partial charge on any atom is -0.489 e. The number of hydrogen-bond donors (Lipinski definition) is 1. The van der Waals surface area contributed by atoms with Gasteiger partial charge in [-0.2, -0.15) is 0 Å². The van der Waals surface area contributed by atoms with Crippen LogP contribution in [-0.2, 0) is 22.6 Å². The number of rotatable bonds is 4. The van der Waals surface area contributed by atoms with Crippen LogP contribution in [0.5, 0.6) is 5.75 Å². The molecular weight excluding hydrogens is 306 g/mol. The summed E-state index contributed by atoms with van der Waals surface area (Å²) >= 11 is 0. The van der Waals surface area contributed by atoms with Crippen LogP contribution in [0.4, 0.5) is 5.69 Å². The Labute approximate surface area is 140 Å². The van der Waals surface area contributed by atoms with Crippen molar-refractivity contribution in [2.24, 2.45) is 0 Å². The van der Waals surface area contributed by atoms with Gasteiger partial charge in [0.15, 0.2) is 0 Å². The van der Waals surface area contributed by atoms with Gasteiger partial charge in [-0.3, -0.25) is 4.79 Å². The van der Waals surface area contributed by atoms with Gasteiger partial charge in [-0.25, -0.2) is 4.79 Å². The third kappa shape index (κ3) is 3.40. The smallest absolute Gasteiger partial charge is 0.342 e. The molecule has 0 saturated heterocycles. The fourth-order valence-corrected chi connectivity index (χ4v) is 2.76. The lowest BCUT2D eigenvalue weighted by Gasteiger charge is -2.12. The zero-order valence-electron chi connectivity index (χ0n) is 13.7. The highest BCUT2D eigenvalue weighted by Crippen LogP contribution is 2.38. The van der Waals surface area contributed by atoms with Gasteiger partial charge in [0, 0.05) is 24.6 Å². The number of anilines is 1. The van der Waals surface area contributed by atoms with Gasteiger partial charge >= 0.3 is 5.97 Å². The minimum atomic E-state index is -0.432. The Kier molecular flexibility index (Phi) is 4.51. The maximum absolute atomic E-state index is 12.4. The van der Waals surface area contributed by atoms with E-state index in [1.165, 1.54) is 6.92 Å². The maximum atomic E-state index is 12.4. The molecule has 124 valence electrons. The Bertz CT molecular complexity index is 770. The number of benzene rings is 2. The molecule has 1 atom stereocenters. The van der Waals surface area contributed by atoms with Gasteiger partial charge in [0.1, 0.15) is 24.0 Å². The van der Waals surface area contributed by atoms with Crippen molar-refractivity contribution in [2.75, 3.05) is 5.32 Å². The molecule has 0 aliphatic carbocycles. The number of nitrogens with one attached hydrogen (secondary N) is 1. The van der Waals surface area contributed by atoms with E-state index >= 15 is 0 Å². The molecule has 0 bridgehead atoms. The van der Waals surface area contributed by atoms with Gasteiger partial charge in [-0.05, 0) is 24.6 Å². The van der Waals surface area contributed by atoms with Gasteiger partial charge in [-0.1, -0.05) is 30.3 Å². The Balaban J connectivity index is 1.82. The highest BCUT2D eigenvalue weighted by molar-refractivity contribution is 5.96. The van der Waals surface area contributed by atoms with Gasteiger partial charge < -0.3 is 14.8 Å². The normalized spacial score (nSPS) is 15.3. The molecule has 1 N–H and O–H groups in total. The van der Waals surface area contributed by atoms with Crippen LogP contribution in [0.25, 0.3) is 0 Å². The molecule has 0 saturated carbocycles. The van der Waals surface area contributed by atoms with Crippen LogP contribution in [-0.4, -0.2) is 18.0 Å². The molecule has 0 unspecified atom stereocenters. The number of hydrogen-bond acceptors (Lipinski definition) is 4. The summed E-state index contributed by atoms with van der Waals surface area (Å²) in [4.78, 5) is 23.8. The second-order valence-electron chi connectivity index (χ2n) is 5.84. The topological polar surface area (TPSA) is 64.6 Å². The number of carbonyl (C=O) groups excluding carboxylic acids is 2. The molecule has 3 rings (SSSR count). The SMILES string of the molecule is CC(=O)Nc1ccc(C(=O)OCc2ccccc2)c2c1C[C@H](C)O2. The summed E-state index contributed by atoms with van der Waals surface area (Å²) in [6, 6.07) is 12.9. The molecule has 0 fully saturated rings. The van der Waals surface area contributed by atoms with Crippen LogP contribution in [0, 0.1) is 0 Å². The van der Waals surface area contributed by atoms with Gasteiger partial charge in [0.25, 0.3) is 0 Å². The summed E-state index contributed by atoms with van der Waals surface area (Å²) in [5, 5.41) is 2.78. The summed E-state index contributed by atoms with van der Waals surface area (Å²) < 4.78 is 11.2. The first-order valence-electron chi connectivity index (χ1n) is 7.85. The van der Waals surface area contributed by atoms with Crippen molar-refractivity contribution >= 4 is 17.6 Å². The predicted molar refractivity (Wildman–Crippen MR) is 90.1 cm³/mol. The molecule has 5 nitrogen and oxygen atoms in total. The minimum absolute atomic E-state index is 0.0458. The zero-order chi connectivity index (χ0) is 17.1. The molecule has 0 spiro atoms. The molecule has 2 aromatic rings. The van der Waals surface area contributed by atoms with E-state index in [9.17, 15) is 9.59 Å². The van der Waals surface area contributed by atoms with Gasteiger partial charge in [0.05, 0.1) is 0 Å². The number of carbonyl (C=O) groups is 2. The van der Waals surface area contributed by atoms with Crippen LogP contribution in [0.2, 0.25) is 0 Å². The quantitative estimate of drug-likeness (QED) is 0.876. The Morgan fingerprint density at radius 1 is 1.21 bits per heavy atom. The Morgan fingerprint density at radius 3 is 2.67 bits per heavy atom. The van der Waals surface area contributed by atoms with Crippen LogP contribution in [0.3, 0.4) is 0 Å². The largest absolute Gasteiger partial charge is 0.489 e. The summed E-state index contributed by atoms with van der Waals surface area (Å²) in [5.41, 5.74) is 2.83. The van der Waals surface area contributed by atoms with Crippen LogP contribution in [0.15, 0.2) is 42.5 Å². The lowest BCUT2D eigenvalue weighted by Crippen LogP contribution is -2.10. The second kappa shape index (κ2) is 6.74. The van der Waals surface area contributed by atoms with Crippen LogP contribution < -0.4 is 10.1 Å². The molecule has 0 aromatic heterocycles. The van der Waals surface area contributed by atoms with Crippen molar-refractivity contribution < 1.29 is 19.1 Å². The number of fused-ring (bicyclic) bond motifs is 1. The molecule has 24 heavy (non-hydrogen) atoms. The van der Waals surface area contributed by atoms with E-state index in [2.05, 4.69) is 5.32 Å². The summed E-state index contributed by atoms with van der Waals surface area (Å²) in [5.74, 6) is -0.0819. The van der Waals surface area contributed by atoms with Crippen molar-refractivity contribution in [3.8, 4) is 5.75 Å². The monoisotopic (exact) mass is 325 g/mol. The summed E-state index contributed by atoms with van der Waals surface area (Å²) in [6.07, 6.45) is 0.598. The van der Waals surface area contributed by atoms with E-state index in [4.69, 9.17) is 9.47 Å². The number of esters is 1. The number of ether oxygens (including phenoxy) is 2. The maximum Gasteiger partial charge on any atom is 0.342 e. The fourth-order valence-electron chi connectivity index (χ4n) is 2.76. The Hall–Kier alpha value is -2.82. The molecule has 1 aliphatic heterocycles. The van der Waals surface area contributed by atoms with E-state index in [1.54, 1.807) is 12.1 Å². The highest BCUT2D eigenvalue weighted by atomic mass is 16.5. The van der Waals surface area contributed by atoms with Crippen LogP contribution in [0.1, 0.15) is 35.3 Å². The summed E-state index contributed by atoms with van der Waals surface area (Å²) in [6.45, 7) is 3.59. The molecular formula is C19H19NO4. The van der Waals surface area contributed by atoms with E-state index < -0.39 is 5.97 Å². The van der Waals surface area contributed by atoms with Crippen LogP contribution >= 0.6 is 0 Å². The lowest BCUT2D eigenvalue weighted by atomic mass is 10.0. The molecule has 1 aliphatic rings. The third-order valence-corrected chi connectivity index (χ3v) is 3.81. The van der Waals surface area contributed by atoms with Gasteiger partial charge in [-0.15, -0.1) is 0 Å². The van der Waals surface area contributed by atoms with Crippen molar-refractivity contribution in [3.05, 3.63) is 59.2 Å². The fraction of sp³-hybridized carbons (Fsp3) is 0.263. The van der Waals surface area contributed by atoms with E-state index in [1.807, 2.05) is 37.3 Å². The Morgan fingerprint density at radius 2 is 1.96 bits per heavy atom.